The van der Waals surface area contributed by atoms with E-state index in [1.54, 1.807) is 18.2 Å². The lowest BCUT2D eigenvalue weighted by atomic mass is 10.2. The number of hydrogen-bond acceptors (Lipinski definition) is 3. The number of hydrogen-bond donors (Lipinski definition) is 3. The Morgan fingerprint density at radius 1 is 1.04 bits per heavy atom. The summed E-state index contributed by atoms with van der Waals surface area (Å²) in [5, 5.41) is 2.77. The van der Waals surface area contributed by atoms with Crippen molar-refractivity contribution < 1.29 is 13.6 Å². The molecule has 1 amide bonds. The Kier molecular flexibility index (Phi) is 15.4. The van der Waals surface area contributed by atoms with Crippen molar-refractivity contribution in [3.05, 3.63) is 29.8 Å². The Balaban J connectivity index is 0.000000697. The molecular formula is C19H34N2O3S. The van der Waals surface area contributed by atoms with E-state index in [0.29, 0.717) is 6.54 Å². The van der Waals surface area contributed by atoms with Gasteiger partial charge in [0.15, 0.2) is 11.1 Å². The highest BCUT2D eigenvalue weighted by atomic mass is 32.2. The normalized spacial score (nSPS) is 11.4. The second-order valence-electron chi connectivity index (χ2n) is 5.91. The van der Waals surface area contributed by atoms with Crippen molar-refractivity contribution in [2.24, 2.45) is 5.73 Å². The van der Waals surface area contributed by atoms with Crippen LogP contribution in [0.4, 0.5) is 0 Å². The number of nitrogens with one attached hydrogen (secondary N) is 1. The summed E-state index contributed by atoms with van der Waals surface area (Å²) in [5.74, 6) is -0.288. The molecule has 5 nitrogen and oxygen atoms in total. The highest BCUT2D eigenvalue weighted by molar-refractivity contribution is 7.79. The fraction of sp³-hybridized carbons (Fsp3) is 0.632. The molecule has 0 radical (unpaired) electrons. The average Bonchev–Trinajstić information content (AvgIpc) is 2.62. The number of unbranched alkanes of at least 4 members (excludes halogenated alkanes) is 6. The zero-order valence-electron chi connectivity index (χ0n) is 15.6. The van der Waals surface area contributed by atoms with Gasteiger partial charge in [0, 0.05) is 6.54 Å². The Bertz CT molecular complexity index is 491. The summed E-state index contributed by atoms with van der Waals surface area (Å²) in [6.07, 6.45) is 9.50. The van der Waals surface area contributed by atoms with E-state index in [1.807, 2.05) is 0 Å². The van der Waals surface area contributed by atoms with Gasteiger partial charge in [0.1, 0.15) is 0 Å². The summed E-state index contributed by atoms with van der Waals surface area (Å²) < 4.78 is 20.2. The van der Waals surface area contributed by atoms with Gasteiger partial charge in [-0.25, -0.2) is 4.21 Å². The van der Waals surface area contributed by atoms with Gasteiger partial charge in [-0.15, -0.1) is 0 Å². The Hall–Kier alpha value is -1.24. The Labute approximate surface area is 155 Å². The minimum atomic E-state index is -2.13. The van der Waals surface area contributed by atoms with Crippen molar-refractivity contribution in [1.29, 1.82) is 0 Å². The zero-order valence-corrected chi connectivity index (χ0v) is 16.4. The third-order valence-corrected chi connectivity index (χ3v) is 4.43. The van der Waals surface area contributed by atoms with Crippen LogP contribution in [0.15, 0.2) is 29.2 Å². The molecule has 4 N–H and O–H groups in total. The zero-order chi connectivity index (χ0) is 18.9. The fourth-order valence-electron chi connectivity index (χ4n) is 2.23. The molecule has 144 valence electrons. The molecule has 1 unspecified atom stereocenters. The van der Waals surface area contributed by atoms with Crippen LogP contribution in [0.5, 0.6) is 0 Å². The molecule has 0 bridgehead atoms. The minimum absolute atomic E-state index is 0.156. The molecule has 1 aromatic carbocycles. The predicted molar refractivity (Wildman–Crippen MR) is 105 cm³/mol. The summed E-state index contributed by atoms with van der Waals surface area (Å²) in [5.41, 5.74) is 5.54. The van der Waals surface area contributed by atoms with Crippen LogP contribution in [0.3, 0.4) is 0 Å². The molecule has 0 spiro atoms. The molecule has 0 aromatic heterocycles. The standard InChI is InChI=1S/C13H19NO3S.C6H15N/c1-2-3-4-7-10-14-13(15)11-8-5-6-9-12(11)18(16)17;1-2-3-4-5-6-7/h5-6,8-9H,2-4,7,10H2,1H3,(H,14,15)(H,16,17);2-7H2,1H3. The second kappa shape index (κ2) is 16.2. The molecule has 0 saturated carbocycles. The van der Waals surface area contributed by atoms with Crippen LogP contribution < -0.4 is 11.1 Å². The van der Waals surface area contributed by atoms with Gasteiger partial charge in [-0.2, -0.15) is 0 Å². The van der Waals surface area contributed by atoms with Crippen molar-refractivity contribution in [2.45, 2.75) is 70.1 Å². The number of amides is 1. The summed E-state index contributed by atoms with van der Waals surface area (Å²) in [6.45, 7) is 5.80. The smallest absolute Gasteiger partial charge is 0.252 e. The number of rotatable bonds is 11. The largest absolute Gasteiger partial charge is 0.352 e. The Morgan fingerprint density at radius 2 is 1.64 bits per heavy atom. The number of carbonyl (C=O) groups is 1. The molecule has 0 saturated heterocycles. The van der Waals surface area contributed by atoms with Gasteiger partial charge in [-0.05, 0) is 31.5 Å². The van der Waals surface area contributed by atoms with E-state index in [0.717, 1.165) is 32.2 Å². The van der Waals surface area contributed by atoms with E-state index in [1.165, 1.54) is 31.7 Å². The van der Waals surface area contributed by atoms with E-state index in [-0.39, 0.29) is 16.4 Å². The van der Waals surface area contributed by atoms with Gasteiger partial charge < -0.3 is 15.6 Å². The quantitative estimate of drug-likeness (QED) is 0.404. The van der Waals surface area contributed by atoms with Crippen LogP contribution in [-0.2, 0) is 11.1 Å². The average molecular weight is 371 g/mol. The SMILES string of the molecule is CCCCCCN.CCCCCCNC(=O)c1ccccc1S(=O)O. The summed E-state index contributed by atoms with van der Waals surface area (Å²) in [6, 6.07) is 6.37. The summed E-state index contributed by atoms with van der Waals surface area (Å²) in [7, 11) is 0. The van der Waals surface area contributed by atoms with E-state index < -0.39 is 11.1 Å². The first-order valence-electron chi connectivity index (χ1n) is 9.26. The van der Waals surface area contributed by atoms with Crippen LogP contribution in [0.1, 0.15) is 75.6 Å². The molecule has 1 aromatic rings. The Morgan fingerprint density at radius 3 is 2.20 bits per heavy atom. The van der Waals surface area contributed by atoms with Crippen molar-refractivity contribution in [1.82, 2.24) is 5.32 Å². The van der Waals surface area contributed by atoms with Crippen LogP contribution in [0.25, 0.3) is 0 Å². The topological polar surface area (TPSA) is 92.4 Å². The molecule has 0 aliphatic carbocycles. The van der Waals surface area contributed by atoms with E-state index in [2.05, 4.69) is 19.2 Å². The first-order chi connectivity index (χ1) is 12.1. The molecular weight excluding hydrogens is 336 g/mol. The van der Waals surface area contributed by atoms with Gasteiger partial charge in [-0.3, -0.25) is 4.79 Å². The van der Waals surface area contributed by atoms with Crippen LogP contribution in [0.2, 0.25) is 0 Å². The third-order valence-electron chi connectivity index (χ3n) is 3.69. The molecule has 0 heterocycles. The molecule has 25 heavy (non-hydrogen) atoms. The molecule has 1 atom stereocenters. The van der Waals surface area contributed by atoms with Gasteiger partial charge in [0.05, 0.1) is 10.5 Å². The molecule has 0 aliphatic rings. The van der Waals surface area contributed by atoms with Crippen molar-refractivity contribution in [3.63, 3.8) is 0 Å². The summed E-state index contributed by atoms with van der Waals surface area (Å²) in [4.78, 5) is 12.0. The lowest BCUT2D eigenvalue weighted by Gasteiger charge is -2.07. The molecule has 1 rings (SSSR count). The van der Waals surface area contributed by atoms with Gasteiger partial charge >= 0.3 is 0 Å². The minimum Gasteiger partial charge on any atom is -0.352 e. The molecule has 6 heteroatoms. The highest BCUT2D eigenvalue weighted by Crippen LogP contribution is 2.12. The maximum atomic E-state index is 11.8. The first kappa shape index (κ1) is 23.8. The number of benzene rings is 1. The second-order valence-corrected chi connectivity index (χ2v) is 6.85. The predicted octanol–water partition coefficient (Wildman–Crippen LogP) is 4.10. The van der Waals surface area contributed by atoms with Crippen molar-refractivity contribution >= 4 is 17.0 Å². The molecule has 0 aliphatic heterocycles. The van der Waals surface area contributed by atoms with Gasteiger partial charge in [-0.1, -0.05) is 64.5 Å². The number of nitrogens with two attached hydrogens (primary N) is 1. The summed E-state index contributed by atoms with van der Waals surface area (Å²) >= 11 is -2.13. The third kappa shape index (κ3) is 11.9. The van der Waals surface area contributed by atoms with Crippen LogP contribution in [-0.4, -0.2) is 27.8 Å². The maximum Gasteiger partial charge on any atom is 0.252 e. The van der Waals surface area contributed by atoms with Gasteiger partial charge in [0.25, 0.3) is 5.91 Å². The van der Waals surface area contributed by atoms with Crippen molar-refractivity contribution in [2.75, 3.05) is 13.1 Å². The monoisotopic (exact) mass is 370 g/mol. The molecule has 0 fully saturated rings. The maximum absolute atomic E-state index is 11.8. The van der Waals surface area contributed by atoms with E-state index >= 15 is 0 Å². The first-order valence-corrected chi connectivity index (χ1v) is 10.4. The van der Waals surface area contributed by atoms with E-state index in [9.17, 15) is 9.00 Å². The lowest BCUT2D eigenvalue weighted by Crippen LogP contribution is -2.25. The van der Waals surface area contributed by atoms with Gasteiger partial charge in [0.2, 0.25) is 0 Å². The van der Waals surface area contributed by atoms with Crippen molar-refractivity contribution in [3.8, 4) is 0 Å². The van der Waals surface area contributed by atoms with Crippen LogP contribution in [0, 0.1) is 0 Å². The lowest BCUT2D eigenvalue weighted by molar-refractivity contribution is 0.0949. The highest BCUT2D eigenvalue weighted by Gasteiger charge is 2.13. The van der Waals surface area contributed by atoms with Crippen LogP contribution >= 0.6 is 0 Å². The fourth-order valence-corrected chi connectivity index (χ4v) is 2.77. The number of carbonyl (C=O) groups excluding carboxylic acids is 1. The van der Waals surface area contributed by atoms with E-state index in [4.69, 9.17) is 10.3 Å².